The summed E-state index contributed by atoms with van der Waals surface area (Å²) in [5.74, 6) is -0.399. The van der Waals surface area contributed by atoms with Gasteiger partial charge in [0, 0.05) is 12.6 Å². The molecule has 112 valence electrons. The molecule has 0 bridgehead atoms. The molecule has 1 aromatic rings. The van der Waals surface area contributed by atoms with Gasteiger partial charge in [-0.1, -0.05) is 23.8 Å². The van der Waals surface area contributed by atoms with Crippen molar-refractivity contribution in [2.45, 2.75) is 32.4 Å². The molecule has 0 aliphatic heterocycles. The van der Waals surface area contributed by atoms with Gasteiger partial charge in [-0.25, -0.2) is 0 Å². The van der Waals surface area contributed by atoms with Gasteiger partial charge >= 0.3 is 5.97 Å². The lowest BCUT2D eigenvalue weighted by Crippen LogP contribution is -2.39. The molecule has 5 nitrogen and oxygen atoms in total. The molecule has 2 unspecified atom stereocenters. The van der Waals surface area contributed by atoms with Crippen molar-refractivity contribution >= 4 is 5.97 Å². The fourth-order valence-electron chi connectivity index (χ4n) is 2.18. The standard InChI is InChI=1S/C15H23NO4/c1-10-4-5-12(11(2)8-10)15(19)13(16-6-7-17)9-14(18)20-3/h4-5,8,13,15-17,19H,6-7,9H2,1-3H3. The lowest BCUT2D eigenvalue weighted by molar-refractivity contribution is -0.142. The predicted molar refractivity (Wildman–Crippen MR) is 76.4 cm³/mol. The molecule has 3 N–H and O–H groups in total. The summed E-state index contributed by atoms with van der Waals surface area (Å²) >= 11 is 0. The first kappa shape index (κ1) is 16.6. The van der Waals surface area contributed by atoms with Crippen molar-refractivity contribution < 1.29 is 19.7 Å². The van der Waals surface area contributed by atoms with Gasteiger partial charge in [0.15, 0.2) is 0 Å². The van der Waals surface area contributed by atoms with E-state index in [2.05, 4.69) is 10.1 Å². The van der Waals surface area contributed by atoms with E-state index in [0.717, 1.165) is 16.7 Å². The quantitative estimate of drug-likeness (QED) is 0.646. The molecule has 2 atom stereocenters. The highest BCUT2D eigenvalue weighted by Crippen LogP contribution is 2.23. The zero-order valence-corrected chi connectivity index (χ0v) is 12.2. The van der Waals surface area contributed by atoms with E-state index >= 15 is 0 Å². The highest BCUT2D eigenvalue weighted by molar-refractivity contribution is 5.70. The molecular weight excluding hydrogens is 258 g/mol. The molecule has 0 aromatic heterocycles. The van der Waals surface area contributed by atoms with E-state index < -0.39 is 18.1 Å². The zero-order chi connectivity index (χ0) is 15.1. The van der Waals surface area contributed by atoms with Crippen molar-refractivity contribution in [3.05, 3.63) is 34.9 Å². The fraction of sp³-hybridized carbons (Fsp3) is 0.533. The number of aliphatic hydroxyl groups excluding tert-OH is 2. The van der Waals surface area contributed by atoms with E-state index in [9.17, 15) is 9.90 Å². The molecule has 0 saturated carbocycles. The van der Waals surface area contributed by atoms with Crippen LogP contribution in [0.1, 0.15) is 29.2 Å². The molecule has 0 aliphatic rings. The van der Waals surface area contributed by atoms with Gasteiger partial charge in [-0.3, -0.25) is 4.79 Å². The highest BCUT2D eigenvalue weighted by atomic mass is 16.5. The number of carbonyl (C=O) groups excluding carboxylic acids is 1. The maximum atomic E-state index is 11.4. The third-order valence-corrected chi connectivity index (χ3v) is 3.26. The highest BCUT2D eigenvalue weighted by Gasteiger charge is 2.24. The summed E-state index contributed by atoms with van der Waals surface area (Å²) < 4.78 is 4.64. The second kappa shape index (κ2) is 7.99. The maximum Gasteiger partial charge on any atom is 0.307 e. The summed E-state index contributed by atoms with van der Waals surface area (Å²) in [6, 6.07) is 5.28. The number of aryl methyl sites for hydroxylation is 2. The Hall–Kier alpha value is -1.43. The van der Waals surface area contributed by atoms with Crippen molar-refractivity contribution in [1.29, 1.82) is 0 Å². The second-order valence-corrected chi connectivity index (χ2v) is 4.87. The molecule has 0 radical (unpaired) electrons. The third kappa shape index (κ3) is 4.59. The predicted octanol–water partition coefficient (Wildman–Crippen LogP) is 0.850. The Labute approximate surface area is 119 Å². The zero-order valence-electron chi connectivity index (χ0n) is 12.2. The molecule has 5 heteroatoms. The first-order chi connectivity index (χ1) is 9.49. The number of carbonyl (C=O) groups is 1. The number of hydrogen-bond acceptors (Lipinski definition) is 5. The van der Waals surface area contributed by atoms with Crippen LogP contribution in [0.15, 0.2) is 18.2 Å². The van der Waals surface area contributed by atoms with Gasteiger partial charge in [-0.05, 0) is 25.0 Å². The molecule has 1 aromatic carbocycles. The number of ether oxygens (including phenoxy) is 1. The van der Waals surface area contributed by atoms with Crippen molar-refractivity contribution in [1.82, 2.24) is 5.32 Å². The second-order valence-electron chi connectivity index (χ2n) is 4.87. The van der Waals surface area contributed by atoms with Gasteiger partial charge in [0.05, 0.1) is 26.2 Å². The summed E-state index contributed by atoms with van der Waals surface area (Å²) in [4.78, 5) is 11.4. The van der Waals surface area contributed by atoms with Crippen LogP contribution in [0.5, 0.6) is 0 Å². The average molecular weight is 281 g/mol. The van der Waals surface area contributed by atoms with E-state index in [1.54, 1.807) is 0 Å². The van der Waals surface area contributed by atoms with Crippen molar-refractivity contribution in [3.8, 4) is 0 Å². The molecule has 0 aliphatic carbocycles. The number of esters is 1. The summed E-state index contributed by atoms with van der Waals surface area (Å²) in [5.41, 5.74) is 2.86. The Balaban J connectivity index is 2.90. The monoisotopic (exact) mass is 281 g/mol. The van der Waals surface area contributed by atoms with Gasteiger partial charge in [0.1, 0.15) is 0 Å². The van der Waals surface area contributed by atoms with Crippen LogP contribution in [0.25, 0.3) is 0 Å². The Morgan fingerprint density at radius 2 is 2.10 bits per heavy atom. The van der Waals surface area contributed by atoms with Crippen LogP contribution in [-0.4, -0.2) is 42.5 Å². The van der Waals surface area contributed by atoms with Gasteiger partial charge < -0.3 is 20.3 Å². The summed E-state index contributed by atoms with van der Waals surface area (Å²) in [7, 11) is 1.31. The Kier molecular flexibility index (Phi) is 6.64. The smallest absolute Gasteiger partial charge is 0.307 e. The largest absolute Gasteiger partial charge is 0.469 e. The van der Waals surface area contributed by atoms with Crippen LogP contribution < -0.4 is 5.32 Å². The van der Waals surface area contributed by atoms with Crippen LogP contribution in [0.2, 0.25) is 0 Å². The number of hydrogen-bond donors (Lipinski definition) is 3. The van der Waals surface area contributed by atoms with E-state index in [1.807, 2.05) is 32.0 Å². The number of nitrogens with one attached hydrogen (secondary N) is 1. The van der Waals surface area contributed by atoms with Gasteiger partial charge in [0.25, 0.3) is 0 Å². The van der Waals surface area contributed by atoms with Crippen LogP contribution in [0.3, 0.4) is 0 Å². The molecule has 0 spiro atoms. The molecule has 0 heterocycles. The van der Waals surface area contributed by atoms with Crippen LogP contribution >= 0.6 is 0 Å². The SMILES string of the molecule is COC(=O)CC(NCCO)C(O)c1ccc(C)cc1C. The normalized spacial score (nSPS) is 13.8. The van der Waals surface area contributed by atoms with E-state index in [-0.39, 0.29) is 13.0 Å². The average Bonchev–Trinajstić information content (AvgIpc) is 2.42. The lowest BCUT2D eigenvalue weighted by Gasteiger charge is -2.24. The molecule has 0 amide bonds. The van der Waals surface area contributed by atoms with Crippen molar-refractivity contribution in [2.75, 3.05) is 20.3 Å². The lowest BCUT2D eigenvalue weighted by atomic mass is 9.94. The maximum absolute atomic E-state index is 11.4. The molecule has 0 saturated heterocycles. The molecule has 1 rings (SSSR count). The summed E-state index contributed by atoms with van der Waals surface area (Å²) in [6.45, 7) is 4.16. The fourth-order valence-corrected chi connectivity index (χ4v) is 2.18. The van der Waals surface area contributed by atoms with E-state index in [4.69, 9.17) is 5.11 Å². The van der Waals surface area contributed by atoms with Gasteiger partial charge in [-0.15, -0.1) is 0 Å². The van der Waals surface area contributed by atoms with Crippen LogP contribution in [-0.2, 0) is 9.53 Å². The molecule has 20 heavy (non-hydrogen) atoms. The number of methoxy groups -OCH3 is 1. The van der Waals surface area contributed by atoms with Gasteiger partial charge in [0.2, 0.25) is 0 Å². The number of benzene rings is 1. The van der Waals surface area contributed by atoms with Crippen LogP contribution in [0.4, 0.5) is 0 Å². The number of aliphatic hydroxyl groups is 2. The number of rotatable bonds is 7. The molecule has 0 fully saturated rings. The minimum absolute atomic E-state index is 0.0466. The Morgan fingerprint density at radius 1 is 1.40 bits per heavy atom. The Morgan fingerprint density at radius 3 is 2.65 bits per heavy atom. The first-order valence-electron chi connectivity index (χ1n) is 6.65. The minimum atomic E-state index is -0.832. The minimum Gasteiger partial charge on any atom is -0.469 e. The van der Waals surface area contributed by atoms with Crippen molar-refractivity contribution in [2.24, 2.45) is 0 Å². The third-order valence-electron chi connectivity index (χ3n) is 3.26. The van der Waals surface area contributed by atoms with Gasteiger partial charge in [-0.2, -0.15) is 0 Å². The summed E-state index contributed by atoms with van der Waals surface area (Å²) in [5, 5.41) is 22.3. The van der Waals surface area contributed by atoms with Crippen molar-refractivity contribution in [3.63, 3.8) is 0 Å². The Bertz CT molecular complexity index is 447. The summed E-state index contributed by atoms with van der Waals surface area (Å²) in [6.07, 6.45) is -0.786. The van der Waals surface area contributed by atoms with Crippen LogP contribution in [0, 0.1) is 13.8 Å². The molecular formula is C15H23NO4. The van der Waals surface area contributed by atoms with E-state index in [1.165, 1.54) is 7.11 Å². The van der Waals surface area contributed by atoms with E-state index in [0.29, 0.717) is 6.54 Å². The first-order valence-corrected chi connectivity index (χ1v) is 6.65. The topological polar surface area (TPSA) is 78.8 Å².